The number of benzene rings is 1. The van der Waals surface area contributed by atoms with Crippen molar-refractivity contribution >= 4 is 6.09 Å². The summed E-state index contributed by atoms with van der Waals surface area (Å²) in [6, 6.07) is 9.78. The number of aliphatic hydroxyl groups is 1. The number of alkyl carbamates (subject to hydrolysis) is 1. The molecule has 0 aromatic heterocycles. The van der Waals surface area contributed by atoms with Crippen molar-refractivity contribution in [1.29, 1.82) is 0 Å². The van der Waals surface area contributed by atoms with E-state index in [0.717, 1.165) is 31.2 Å². The smallest absolute Gasteiger partial charge is 0.407 e. The van der Waals surface area contributed by atoms with Crippen molar-refractivity contribution < 1.29 is 19.4 Å². The van der Waals surface area contributed by atoms with E-state index < -0.39 is 0 Å². The molecular formula is C16H23NO4. The minimum absolute atomic E-state index is 0.0595. The number of amides is 1. The largest absolute Gasteiger partial charge is 0.445 e. The van der Waals surface area contributed by atoms with Gasteiger partial charge < -0.3 is 19.9 Å². The van der Waals surface area contributed by atoms with E-state index in [1.807, 2.05) is 30.3 Å². The Balaban J connectivity index is 1.63. The number of hydrogen-bond donors (Lipinski definition) is 2. The summed E-state index contributed by atoms with van der Waals surface area (Å²) in [5, 5.41) is 11.6. The molecule has 1 amide bonds. The van der Waals surface area contributed by atoms with Crippen molar-refractivity contribution in [3.05, 3.63) is 35.9 Å². The molecule has 2 rings (SSSR count). The highest BCUT2D eigenvalue weighted by atomic mass is 16.5. The predicted octanol–water partition coefficient (Wildman–Crippen LogP) is 2.23. The van der Waals surface area contributed by atoms with Crippen molar-refractivity contribution in [2.45, 2.75) is 44.4 Å². The molecule has 0 aliphatic heterocycles. The molecule has 0 bridgehead atoms. The van der Waals surface area contributed by atoms with Gasteiger partial charge in [0.2, 0.25) is 0 Å². The lowest BCUT2D eigenvalue weighted by Gasteiger charge is -2.28. The van der Waals surface area contributed by atoms with Crippen LogP contribution < -0.4 is 5.32 Å². The standard InChI is InChI=1S/C16H23NO4/c18-10-11-20-15-8-6-14(7-9-15)17-16(19)21-12-13-4-2-1-3-5-13/h1-5,14-15,18H,6-12H2,(H,17,19). The van der Waals surface area contributed by atoms with Crippen molar-refractivity contribution in [1.82, 2.24) is 5.32 Å². The Morgan fingerprint density at radius 3 is 2.57 bits per heavy atom. The summed E-state index contributed by atoms with van der Waals surface area (Å²) in [5.74, 6) is 0. The van der Waals surface area contributed by atoms with Gasteiger partial charge in [-0.1, -0.05) is 30.3 Å². The summed E-state index contributed by atoms with van der Waals surface area (Å²) in [4.78, 5) is 11.7. The van der Waals surface area contributed by atoms with Crippen LogP contribution in [0.5, 0.6) is 0 Å². The van der Waals surface area contributed by atoms with Crippen LogP contribution in [0.4, 0.5) is 4.79 Å². The van der Waals surface area contributed by atoms with Crippen LogP contribution in [0.3, 0.4) is 0 Å². The second kappa shape index (κ2) is 8.64. The number of carbonyl (C=O) groups is 1. The maximum atomic E-state index is 11.7. The average Bonchev–Trinajstić information content (AvgIpc) is 2.53. The van der Waals surface area contributed by atoms with E-state index in [1.54, 1.807) is 0 Å². The number of aliphatic hydroxyl groups excluding tert-OH is 1. The van der Waals surface area contributed by atoms with Gasteiger partial charge in [-0.25, -0.2) is 4.79 Å². The van der Waals surface area contributed by atoms with Gasteiger partial charge in [0, 0.05) is 6.04 Å². The Labute approximate surface area is 125 Å². The Morgan fingerprint density at radius 2 is 1.90 bits per heavy atom. The van der Waals surface area contributed by atoms with Crippen molar-refractivity contribution in [2.75, 3.05) is 13.2 Å². The maximum Gasteiger partial charge on any atom is 0.407 e. The number of carbonyl (C=O) groups excluding carboxylic acids is 1. The van der Waals surface area contributed by atoms with Gasteiger partial charge in [-0.15, -0.1) is 0 Å². The topological polar surface area (TPSA) is 67.8 Å². The summed E-state index contributed by atoms with van der Waals surface area (Å²) in [7, 11) is 0. The fourth-order valence-corrected chi connectivity index (χ4v) is 2.52. The third-order valence-corrected chi connectivity index (χ3v) is 3.65. The van der Waals surface area contributed by atoms with Gasteiger partial charge in [0.25, 0.3) is 0 Å². The van der Waals surface area contributed by atoms with Crippen molar-refractivity contribution in [2.24, 2.45) is 0 Å². The van der Waals surface area contributed by atoms with E-state index in [0.29, 0.717) is 13.2 Å². The second-order valence-corrected chi connectivity index (χ2v) is 5.27. The van der Waals surface area contributed by atoms with E-state index in [9.17, 15) is 4.79 Å². The van der Waals surface area contributed by atoms with E-state index in [1.165, 1.54) is 0 Å². The Kier molecular flexibility index (Phi) is 6.50. The van der Waals surface area contributed by atoms with Crippen LogP contribution in [-0.2, 0) is 16.1 Å². The van der Waals surface area contributed by atoms with Gasteiger partial charge >= 0.3 is 6.09 Å². The monoisotopic (exact) mass is 293 g/mol. The normalized spacial score (nSPS) is 21.8. The number of nitrogens with one attached hydrogen (secondary N) is 1. The lowest BCUT2D eigenvalue weighted by atomic mass is 9.93. The molecule has 0 atom stereocenters. The molecule has 21 heavy (non-hydrogen) atoms. The third-order valence-electron chi connectivity index (χ3n) is 3.65. The van der Waals surface area contributed by atoms with Gasteiger partial charge in [0.1, 0.15) is 6.61 Å². The summed E-state index contributed by atoms with van der Waals surface area (Å²) in [6.45, 7) is 0.744. The molecule has 0 unspecified atom stereocenters. The lowest BCUT2D eigenvalue weighted by molar-refractivity contribution is 0.00392. The molecule has 1 aliphatic carbocycles. The molecule has 1 aromatic rings. The van der Waals surface area contributed by atoms with Crippen LogP contribution in [0.2, 0.25) is 0 Å². The van der Waals surface area contributed by atoms with Crippen LogP contribution in [-0.4, -0.2) is 36.6 Å². The van der Waals surface area contributed by atoms with Crippen molar-refractivity contribution in [3.8, 4) is 0 Å². The van der Waals surface area contributed by atoms with E-state index in [2.05, 4.69) is 5.32 Å². The first-order valence-corrected chi connectivity index (χ1v) is 7.47. The maximum absolute atomic E-state index is 11.7. The van der Waals surface area contributed by atoms with Crippen LogP contribution in [0.1, 0.15) is 31.2 Å². The van der Waals surface area contributed by atoms with Crippen LogP contribution in [0.25, 0.3) is 0 Å². The predicted molar refractivity (Wildman–Crippen MR) is 78.8 cm³/mol. The molecule has 2 N–H and O–H groups in total. The first-order chi connectivity index (χ1) is 10.3. The van der Waals surface area contributed by atoms with Gasteiger partial charge in [-0.2, -0.15) is 0 Å². The highest BCUT2D eigenvalue weighted by Crippen LogP contribution is 2.21. The van der Waals surface area contributed by atoms with Crippen LogP contribution in [0.15, 0.2) is 30.3 Å². The van der Waals surface area contributed by atoms with Crippen LogP contribution >= 0.6 is 0 Å². The molecule has 5 nitrogen and oxygen atoms in total. The molecule has 5 heteroatoms. The number of ether oxygens (including phenoxy) is 2. The van der Waals surface area contributed by atoms with E-state index in [4.69, 9.17) is 14.6 Å². The lowest BCUT2D eigenvalue weighted by Crippen LogP contribution is -2.39. The molecule has 1 saturated carbocycles. The second-order valence-electron chi connectivity index (χ2n) is 5.27. The minimum atomic E-state index is -0.362. The molecule has 1 fully saturated rings. The zero-order valence-corrected chi connectivity index (χ0v) is 12.2. The minimum Gasteiger partial charge on any atom is -0.445 e. The molecule has 0 radical (unpaired) electrons. The molecule has 1 aliphatic rings. The Hall–Kier alpha value is -1.59. The van der Waals surface area contributed by atoms with Gasteiger partial charge in [-0.3, -0.25) is 0 Å². The average molecular weight is 293 g/mol. The SMILES string of the molecule is O=C(NC1CCC(OCCO)CC1)OCc1ccccc1. The summed E-state index contributed by atoms with van der Waals surface area (Å²) in [5.41, 5.74) is 0.980. The molecule has 0 spiro atoms. The molecule has 0 saturated heterocycles. The van der Waals surface area contributed by atoms with Gasteiger partial charge in [0.05, 0.1) is 19.3 Å². The molecule has 1 aromatic carbocycles. The van der Waals surface area contributed by atoms with E-state index in [-0.39, 0.29) is 24.8 Å². The summed E-state index contributed by atoms with van der Waals surface area (Å²) < 4.78 is 10.7. The Bertz CT molecular complexity index is 416. The molecular weight excluding hydrogens is 270 g/mol. The van der Waals surface area contributed by atoms with Crippen molar-refractivity contribution in [3.63, 3.8) is 0 Å². The van der Waals surface area contributed by atoms with Crippen LogP contribution in [0, 0.1) is 0 Å². The fraction of sp³-hybridized carbons (Fsp3) is 0.562. The van der Waals surface area contributed by atoms with E-state index >= 15 is 0 Å². The number of hydrogen-bond acceptors (Lipinski definition) is 4. The zero-order valence-electron chi connectivity index (χ0n) is 12.2. The Morgan fingerprint density at radius 1 is 1.19 bits per heavy atom. The highest BCUT2D eigenvalue weighted by molar-refractivity contribution is 5.67. The zero-order chi connectivity index (χ0) is 14.9. The number of rotatable bonds is 6. The summed E-state index contributed by atoms with van der Waals surface area (Å²) >= 11 is 0. The highest BCUT2D eigenvalue weighted by Gasteiger charge is 2.23. The molecule has 116 valence electrons. The van der Waals surface area contributed by atoms with Gasteiger partial charge in [0.15, 0.2) is 0 Å². The third kappa shape index (κ3) is 5.73. The first kappa shape index (κ1) is 15.8. The molecule has 0 heterocycles. The quantitative estimate of drug-likeness (QED) is 0.844. The first-order valence-electron chi connectivity index (χ1n) is 7.47. The van der Waals surface area contributed by atoms with Gasteiger partial charge in [-0.05, 0) is 31.2 Å². The summed E-state index contributed by atoms with van der Waals surface area (Å²) in [6.07, 6.45) is 3.43. The fourth-order valence-electron chi connectivity index (χ4n) is 2.52.